The monoisotopic (exact) mass is 314 g/mol. The summed E-state index contributed by atoms with van der Waals surface area (Å²) >= 11 is 18.5. The summed E-state index contributed by atoms with van der Waals surface area (Å²) in [4.78, 5) is 0. The van der Waals surface area contributed by atoms with Crippen LogP contribution in [0, 0.1) is 0 Å². The molecule has 0 heterocycles. The SMILES string of the molecule is NNC(Cc1ccccc1Cl)c1c(Cl)cccc1Cl. The van der Waals surface area contributed by atoms with Crippen molar-refractivity contribution in [3.8, 4) is 0 Å². The van der Waals surface area contributed by atoms with Crippen molar-refractivity contribution in [2.24, 2.45) is 5.84 Å². The molecule has 0 spiro atoms. The van der Waals surface area contributed by atoms with Gasteiger partial charge in [0.1, 0.15) is 0 Å². The van der Waals surface area contributed by atoms with Crippen LogP contribution < -0.4 is 11.3 Å². The molecule has 0 radical (unpaired) electrons. The Morgan fingerprint density at radius 3 is 2.05 bits per heavy atom. The van der Waals surface area contributed by atoms with Gasteiger partial charge in [-0.15, -0.1) is 0 Å². The molecule has 3 N–H and O–H groups in total. The van der Waals surface area contributed by atoms with Crippen molar-refractivity contribution in [3.05, 3.63) is 68.7 Å². The number of rotatable bonds is 4. The number of nitrogens with one attached hydrogen (secondary N) is 1. The van der Waals surface area contributed by atoms with Crippen molar-refractivity contribution in [2.75, 3.05) is 0 Å². The van der Waals surface area contributed by atoms with E-state index in [0.29, 0.717) is 21.5 Å². The van der Waals surface area contributed by atoms with Gasteiger partial charge in [0.25, 0.3) is 0 Å². The zero-order chi connectivity index (χ0) is 13.8. The van der Waals surface area contributed by atoms with E-state index in [9.17, 15) is 0 Å². The number of nitrogens with two attached hydrogens (primary N) is 1. The molecule has 1 atom stereocenters. The molecule has 1 unspecified atom stereocenters. The number of hydrazine groups is 1. The minimum atomic E-state index is -0.193. The Balaban J connectivity index is 2.34. The average molecular weight is 316 g/mol. The quantitative estimate of drug-likeness (QED) is 0.648. The first-order valence-corrected chi connectivity index (χ1v) is 6.90. The Morgan fingerprint density at radius 1 is 0.895 bits per heavy atom. The lowest BCUT2D eigenvalue weighted by molar-refractivity contribution is 0.552. The maximum atomic E-state index is 6.20. The molecular formula is C14H13Cl3N2. The summed E-state index contributed by atoms with van der Waals surface area (Å²) in [5, 5.41) is 1.87. The van der Waals surface area contributed by atoms with E-state index in [2.05, 4.69) is 5.43 Å². The Morgan fingerprint density at radius 2 is 1.47 bits per heavy atom. The van der Waals surface area contributed by atoms with Gasteiger partial charge in [-0.1, -0.05) is 59.1 Å². The van der Waals surface area contributed by atoms with Crippen molar-refractivity contribution >= 4 is 34.8 Å². The van der Waals surface area contributed by atoms with Gasteiger partial charge in [0, 0.05) is 20.6 Å². The summed E-state index contributed by atoms with van der Waals surface area (Å²) in [6.45, 7) is 0. The van der Waals surface area contributed by atoms with Crippen LogP contribution in [0.3, 0.4) is 0 Å². The highest BCUT2D eigenvalue weighted by molar-refractivity contribution is 6.36. The third-order valence-corrected chi connectivity index (χ3v) is 3.96. The van der Waals surface area contributed by atoms with E-state index in [0.717, 1.165) is 11.1 Å². The van der Waals surface area contributed by atoms with Crippen molar-refractivity contribution in [3.63, 3.8) is 0 Å². The van der Waals surface area contributed by atoms with Crippen LogP contribution in [0.25, 0.3) is 0 Å². The Bertz CT molecular complexity index is 552. The molecule has 0 saturated heterocycles. The standard InChI is InChI=1S/C14H13Cl3N2/c15-10-5-2-1-4-9(10)8-13(19-18)14-11(16)6-3-7-12(14)17/h1-7,13,19H,8,18H2. The van der Waals surface area contributed by atoms with Crippen LogP contribution in [0.2, 0.25) is 15.1 Å². The lowest BCUT2D eigenvalue weighted by Crippen LogP contribution is -2.30. The molecule has 2 rings (SSSR count). The number of hydrogen-bond acceptors (Lipinski definition) is 2. The molecule has 0 amide bonds. The van der Waals surface area contributed by atoms with Gasteiger partial charge in [-0.3, -0.25) is 11.3 Å². The van der Waals surface area contributed by atoms with Crippen LogP contribution in [-0.4, -0.2) is 0 Å². The van der Waals surface area contributed by atoms with Crippen LogP contribution in [0.1, 0.15) is 17.2 Å². The smallest absolute Gasteiger partial charge is 0.0530 e. The van der Waals surface area contributed by atoms with Gasteiger partial charge >= 0.3 is 0 Å². The number of hydrogen-bond donors (Lipinski definition) is 2. The number of benzene rings is 2. The molecule has 0 fully saturated rings. The molecule has 100 valence electrons. The van der Waals surface area contributed by atoms with Crippen LogP contribution >= 0.6 is 34.8 Å². The van der Waals surface area contributed by atoms with Gasteiger partial charge in [-0.25, -0.2) is 0 Å². The first kappa shape index (κ1) is 14.6. The van der Waals surface area contributed by atoms with Gasteiger partial charge in [0.2, 0.25) is 0 Å². The van der Waals surface area contributed by atoms with E-state index in [1.807, 2.05) is 24.3 Å². The fraction of sp³-hybridized carbons (Fsp3) is 0.143. The largest absolute Gasteiger partial charge is 0.271 e. The van der Waals surface area contributed by atoms with Crippen molar-refractivity contribution in [1.82, 2.24) is 5.43 Å². The Labute approximate surface area is 127 Å². The average Bonchev–Trinajstić information content (AvgIpc) is 2.39. The van der Waals surface area contributed by atoms with E-state index in [4.69, 9.17) is 40.6 Å². The Hall–Kier alpha value is -0.770. The summed E-state index contributed by atoms with van der Waals surface area (Å²) < 4.78 is 0. The topological polar surface area (TPSA) is 38.0 Å². The molecular weight excluding hydrogens is 303 g/mol. The summed E-state index contributed by atoms with van der Waals surface area (Å²) in [6.07, 6.45) is 0.611. The minimum Gasteiger partial charge on any atom is -0.271 e. The zero-order valence-corrected chi connectivity index (χ0v) is 12.3. The van der Waals surface area contributed by atoms with Crippen molar-refractivity contribution < 1.29 is 0 Å². The van der Waals surface area contributed by atoms with Gasteiger partial charge in [-0.05, 0) is 30.2 Å². The minimum absolute atomic E-state index is 0.193. The second-order valence-electron chi connectivity index (χ2n) is 4.15. The van der Waals surface area contributed by atoms with Crippen molar-refractivity contribution in [2.45, 2.75) is 12.5 Å². The molecule has 0 aliphatic rings. The summed E-state index contributed by atoms with van der Waals surface area (Å²) in [7, 11) is 0. The van der Waals surface area contributed by atoms with Crippen LogP contribution in [0.4, 0.5) is 0 Å². The third kappa shape index (κ3) is 3.41. The third-order valence-electron chi connectivity index (χ3n) is 2.93. The molecule has 2 aromatic rings. The highest BCUT2D eigenvalue weighted by Crippen LogP contribution is 2.32. The predicted molar refractivity (Wildman–Crippen MR) is 81.7 cm³/mol. The first-order valence-electron chi connectivity index (χ1n) is 5.77. The highest BCUT2D eigenvalue weighted by atomic mass is 35.5. The fourth-order valence-corrected chi connectivity index (χ4v) is 2.85. The first-order chi connectivity index (χ1) is 9.13. The van der Waals surface area contributed by atoms with E-state index in [1.54, 1.807) is 18.2 Å². The second kappa shape index (κ2) is 6.60. The Kier molecular flexibility index (Phi) is 5.08. The zero-order valence-electron chi connectivity index (χ0n) is 10.0. The molecule has 5 heteroatoms. The maximum Gasteiger partial charge on any atom is 0.0530 e. The van der Waals surface area contributed by atoms with Gasteiger partial charge < -0.3 is 0 Å². The van der Waals surface area contributed by atoms with Crippen LogP contribution in [-0.2, 0) is 6.42 Å². The molecule has 0 saturated carbocycles. The van der Waals surface area contributed by atoms with E-state index < -0.39 is 0 Å². The lowest BCUT2D eigenvalue weighted by Gasteiger charge is -2.19. The van der Waals surface area contributed by atoms with Crippen LogP contribution in [0.5, 0.6) is 0 Å². The van der Waals surface area contributed by atoms with Gasteiger partial charge in [0.15, 0.2) is 0 Å². The van der Waals surface area contributed by atoms with Gasteiger partial charge in [-0.2, -0.15) is 0 Å². The van der Waals surface area contributed by atoms with Crippen LogP contribution in [0.15, 0.2) is 42.5 Å². The predicted octanol–water partition coefficient (Wildman–Crippen LogP) is 4.39. The van der Waals surface area contributed by atoms with E-state index in [-0.39, 0.29) is 6.04 Å². The molecule has 2 nitrogen and oxygen atoms in total. The van der Waals surface area contributed by atoms with E-state index in [1.165, 1.54) is 0 Å². The molecule has 0 bridgehead atoms. The normalized spacial score (nSPS) is 12.4. The summed E-state index contributed by atoms with van der Waals surface area (Å²) in [5.74, 6) is 5.63. The van der Waals surface area contributed by atoms with Gasteiger partial charge in [0.05, 0.1) is 6.04 Å². The fourth-order valence-electron chi connectivity index (χ4n) is 1.97. The number of halogens is 3. The van der Waals surface area contributed by atoms with Crippen molar-refractivity contribution in [1.29, 1.82) is 0 Å². The molecule has 0 aliphatic heterocycles. The van der Waals surface area contributed by atoms with E-state index >= 15 is 0 Å². The molecule has 0 aromatic heterocycles. The summed E-state index contributed by atoms with van der Waals surface area (Å²) in [6, 6.07) is 12.8. The highest BCUT2D eigenvalue weighted by Gasteiger charge is 2.18. The molecule has 2 aromatic carbocycles. The lowest BCUT2D eigenvalue weighted by atomic mass is 9.99. The second-order valence-corrected chi connectivity index (χ2v) is 5.37. The summed E-state index contributed by atoms with van der Waals surface area (Å²) in [5.41, 5.74) is 4.52. The maximum absolute atomic E-state index is 6.20. The molecule has 0 aliphatic carbocycles. The molecule has 19 heavy (non-hydrogen) atoms.